The van der Waals surface area contributed by atoms with Crippen molar-refractivity contribution < 1.29 is 9.63 Å². The van der Waals surface area contributed by atoms with Crippen LogP contribution in [0.5, 0.6) is 0 Å². The summed E-state index contributed by atoms with van der Waals surface area (Å²) in [4.78, 5) is 6.63. The SMILES string of the molecule is CC(C)c1ccc(-c2noc(CN3CCCC(O)C3)n2)cc1. The van der Waals surface area contributed by atoms with E-state index >= 15 is 0 Å². The van der Waals surface area contributed by atoms with Crippen molar-refractivity contribution in [2.75, 3.05) is 13.1 Å². The second-order valence-electron chi connectivity index (χ2n) is 6.32. The number of aliphatic hydroxyl groups is 1. The monoisotopic (exact) mass is 301 g/mol. The standard InChI is InChI=1S/C17H23N3O2/c1-12(2)13-5-7-14(8-6-13)17-18-16(22-19-17)11-20-9-3-4-15(21)10-20/h5-8,12,15,21H,3-4,9-11H2,1-2H3. The van der Waals surface area contributed by atoms with E-state index in [1.54, 1.807) is 0 Å². The minimum atomic E-state index is -0.236. The first kappa shape index (κ1) is 15.2. The summed E-state index contributed by atoms with van der Waals surface area (Å²) in [5, 5.41) is 13.8. The Morgan fingerprint density at radius 2 is 2.09 bits per heavy atom. The molecule has 22 heavy (non-hydrogen) atoms. The lowest BCUT2D eigenvalue weighted by molar-refractivity contribution is 0.0613. The number of hydrogen-bond acceptors (Lipinski definition) is 5. The number of benzene rings is 1. The fourth-order valence-corrected chi connectivity index (χ4v) is 2.82. The molecule has 5 nitrogen and oxygen atoms in total. The quantitative estimate of drug-likeness (QED) is 0.941. The molecule has 1 fully saturated rings. The topological polar surface area (TPSA) is 62.4 Å². The van der Waals surface area contributed by atoms with Gasteiger partial charge in [-0.2, -0.15) is 4.98 Å². The third kappa shape index (κ3) is 3.54. The van der Waals surface area contributed by atoms with Crippen LogP contribution in [0.3, 0.4) is 0 Å². The molecule has 0 bridgehead atoms. The summed E-state index contributed by atoms with van der Waals surface area (Å²) < 4.78 is 5.35. The minimum absolute atomic E-state index is 0.236. The number of aliphatic hydroxyl groups excluding tert-OH is 1. The van der Waals surface area contributed by atoms with E-state index in [1.165, 1.54) is 5.56 Å². The van der Waals surface area contributed by atoms with Crippen molar-refractivity contribution in [1.82, 2.24) is 15.0 Å². The first-order valence-corrected chi connectivity index (χ1v) is 7.95. The van der Waals surface area contributed by atoms with Crippen LogP contribution < -0.4 is 0 Å². The molecule has 0 radical (unpaired) electrons. The summed E-state index contributed by atoms with van der Waals surface area (Å²) in [6.45, 7) is 6.61. The van der Waals surface area contributed by atoms with Crippen molar-refractivity contribution in [3.63, 3.8) is 0 Å². The highest BCUT2D eigenvalue weighted by Crippen LogP contribution is 2.21. The Labute approximate surface area is 131 Å². The predicted molar refractivity (Wildman–Crippen MR) is 84.3 cm³/mol. The van der Waals surface area contributed by atoms with Crippen LogP contribution in [0.1, 0.15) is 44.1 Å². The lowest BCUT2D eigenvalue weighted by Gasteiger charge is -2.28. The highest BCUT2D eigenvalue weighted by molar-refractivity contribution is 5.54. The largest absolute Gasteiger partial charge is 0.392 e. The molecule has 1 saturated heterocycles. The zero-order valence-electron chi connectivity index (χ0n) is 13.2. The summed E-state index contributed by atoms with van der Waals surface area (Å²) in [6.07, 6.45) is 1.66. The molecule has 1 aromatic heterocycles. The maximum Gasteiger partial charge on any atom is 0.241 e. The molecule has 2 heterocycles. The second-order valence-corrected chi connectivity index (χ2v) is 6.32. The number of nitrogens with zero attached hydrogens (tertiary/aromatic N) is 3. The van der Waals surface area contributed by atoms with Crippen LogP contribution in [0.15, 0.2) is 28.8 Å². The summed E-state index contributed by atoms with van der Waals surface area (Å²) in [6, 6.07) is 8.29. The van der Waals surface area contributed by atoms with Gasteiger partial charge in [0, 0.05) is 12.1 Å². The van der Waals surface area contributed by atoms with Crippen molar-refractivity contribution >= 4 is 0 Å². The first-order valence-electron chi connectivity index (χ1n) is 7.95. The zero-order valence-corrected chi connectivity index (χ0v) is 13.2. The number of likely N-dealkylation sites (tertiary alicyclic amines) is 1. The van der Waals surface area contributed by atoms with Crippen LogP contribution in [-0.2, 0) is 6.54 Å². The molecule has 0 amide bonds. The summed E-state index contributed by atoms with van der Waals surface area (Å²) in [5.74, 6) is 1.75. The average Bonchev–Trinajstić information content (AvgIpc) is 2.96. The molecule has 2 aromatic rings. The molecule has 5 heteroatoms. The maximum atomic E-state index is 9.70. The minimum Gasteiger partial charge on any atom is -0.392 e. The molecule has 3 rings (SSSR count). The summed E-state index contributed by atoms with van der Waals surface area (Å²) in [7, 11) is 0. The first-order chi connectivity index (χ1) is 10.6. The van der Waals surface area contributed by atoms with Crippen LogP contribution >= 0.6 is 0 Å². The third-order valence-electron chi connectivity index (χ3n) is 4.14. The molecular formula is C17H23N3O2. The fourth-order valence-electron chi connectivity index (χ4n) is 2.82. The normalized spacial score (nSPS) is 19.7. The van der Waals surface area contributed by atoms with E-state index in [0.717, 1.165) is 24.9 Å². The van der Waals surface area contributed by atoms with Gasteiger partial charge in [-0.15, -0.1) is 0 Å². The molecule has 1 atom stereocenters. The van der Waals surface area contributed by atoms with Crippen LogP contribution in [0.25, 0.3) is 11.4 Å². The molecule has 1 aromatic carbocycles. The van der Waals surface area contributed by atoms with Crippen LogP contribution in [0.2, 0.25) is 0 Å². The van der Waals surface area contributed by atoms with Gasteiger partial charge in [-0.3, -0.25) is 4.90 Å². The van der Waals surface area contributed by atoms with E-state index in [2.05, 4.69) is 41.0 Å². The van der Waals surface area contributed by atoms with Gasteiger partial charge < -0.3 is 9.63 Å². The maximum absolute atomic E-state index is 9.70. The van der Waals surface area contributed by atoms with E-state index in [-0.39, 0.29) is 6.10 Å². The summed E-state index contributed by atoms with van der Waals surface area (Å²) in [5.41, 5.74) is 2.27. The number of piperidine rings is 1. The smallest absolute Gasteiger partial charge is 0.241 e. The number of rotatable bonds is 4. The number of aromatic nitrogens is 2. The average molecular weight is 301 g/mol. The molecule has 1 aliphatic heterocycles. The molecule has 0 aliphatic carbocycles. The highest BCUT2D eigenvalue weighted by Gasteiger charge is 2.20. The van der Waals surface area contributed by atoms with Gasteiger partial charge in [0.2, 0.25) is 11.7 Å². The van der Waals surface area contributed by atoms with Crippen molar-refractivity contribution in [2.24, 2.45) is 0 Å². The lowest BCUT2D eigenvalue weighted by Crippen LogP contribution is -2.37. The molecule has 0 spiro atoms. The van der Waals surface area contributed by atoms with Crippen LogP contribution in [0.4, 0.5) is 0 Å². The van der Waals surface area contributed by atoms with Crippen molar-refractivity contribution in [3.05, 3.63) is 35.7 Å². The van der Waals surface area contributed by atoms with Gasteiger partial charge in [0.05, 0.1) is 12.6 Å². The Kier molecular flexibility index (Phi) is 4.55. The van der Waals surface area contributed by atoms with Crippen molar-refractivity contribution in [1.29, 1.82) is 0 Å². The van der Waals surface area contributed by atoms with Gasteiger partial charge in [-0.05, 0) is 30.9 Å². The summed E-state index contributed by atoms with van der Waals surface area (Å²) >= 11 is 0. The van der Waals surface area contributed by atoms with Gasteiger partial charge >= 0.3 is 0 Å². The van der Waals surface area contributed by atoms with Gasteiger partial charge in [0.1, 0.15) is 0 Å². The van der Waals surface area contributed by atoms with E-state index in [0.29, 0.717) is 30.7 Å². The Hall–Kier alpha value is -1.72. The van der Waals surface area contributed by atoms with Gasteiger partial charge in [0.25, 0.3) is 0 Å². The Morgan fingerprint density at radius 1 is 1.32 bits per heavy atom. The van der Waals surface area contributed by atoms with Crippen LogP contribution in [-0.4, -0.2) is 39.3 Å². The van der Waals surface area contributed by atoms with Crippen molar-refractivity contribution in [2.45, 2.75) is 45.3 Å². The van der Waals surface area contributed by atoms with Crippen LogP contribution in [0, 0.1) is 0 Å². The number of β-amino-alcohol motifs (C(OH)–C–C–N with tert-alkyl or cyclic N) is 1. The fraction of sp³-hybridized carbons (Fsp3) is 0.529. The molecule has 1 N–H and O–H groups in total. The molecule has 118 valence electrons. The number of hydrogen-bond donors (Lipinski definition) is 1. The molecule has 0 saturated carbocycles. The zero-order chi connectivity index (χ0) is 15.5. The van der Waals surface area contributed by atoms with Gasteiger partial charge in [-0.1, -0.05) is 43.3 Å². The molecule has 1 unspecified atom stereocenters. The Balaban J connectivity index is 1.67. The molecular weight excluding hydrogens is 278 g/mol. The van der Waals surface area contributed by atoms with E-state index in [4.69, 9.17) is 4.52 Å². The van der Waals surface area contributed by atoms with E-state index in [1.807, 2.05) is 12.1 Å². The van der Waals surface area contributed by atoms with Gasteiger partial charge in [-0.25, -0.2) is 0 Å². The van der Waals surface area contributed by atoms with E-state index in [9.17, 15) is 5.11 Å². The van der Waals surface area contributed by atoms with Crippen molar-refractivity contribution in [3.8, 4) is 11.4 Å². The molecule has 1 aliphatic rings. The van der Waals surface area contributed by atoms with E-state index < -0.39 is 0 Å². The van der Waals surface area contributed by atoms with Gasteiger partial charge in [0.15, 0.2) is 0 Å². The third-order valence-corrected chi connectivity index (χ3v) is 4.14. The predicted octanol–water partition coefficient (Wildman–Crippen LogP) is 2.82. The highest BCUT2D eigenvalue weighted by atomic mass is 16.5. The second kappa shape index (κ2) is 6.58. The lowest BCUT2D eigenvalue weighted by atomic mass is 10.0. The Morgan fingerprint density at radius 3 is 2.77 bits per heavy atom. The Bertz CT molecular complexity index is 607.